The molecule has 2 atom stereocenters. The van der Waals surface area contributed by atoms with Crippen molar-refractivity contribution in [1.82, 2.24) is 16.0 Å². The van der Waals surface area contributed by atoms with Crippen LogP contribution < -0.4 is 16.0 Å². The molecule has 0 aromatic rings. The van der Waals surface area contributed by atoms with Gasteiger partial charge in [-0.2, -0.15) is 0 Å². The SMILES string of the molecule is CCCNC1COCC1C(=O)NCC(=O)NC(C)(C)C. The molecule has 0 aromatic heterocycles. The summed E-state index contributed by atoms with van der Waals surface area (Å²) in [6.45, 7) is 9.62. The maximum absolute atomic E-state index is 12.1. The maximum Gasteiger partial charge on any atom is 0.239 e. The van der Waals surface area contributed by atoms with Crippen LogP contribution in [0.15, 0.2) is 0 Å². The second-order valence-corrected chi connectivity index (χ2v) is 6.22. The van der Waals surface area contributed by atoms with E-state index in [4.69, 9.17) is 4.74 Å². The van der Waals surface area contributed by atoms with Crippen LogP contribution in [0.5, 0.6) is 0 Å². The van der Waals surface area contributed by atoms with Gasteiger partial charge in [0, 0.05) is 11.6 Å². The lowest BCUT2D eigenvalue weighted by molar-refractivity contribution is -0.129. The van der Waals surface area contributed by atoms with Gasteiger partial charge >= 0.3 is 0 Å². The third kappa shape index (κ3) is 5.88. The number of hydrogen-bond donors (Lipinski definition) is 3. The maximum atomic E-state index is 12.1. The predicted molar refractivity (Wildman–Crippen MR) is 77.3 cm³/mol. The summed E-state index contributed by atoms with van der Waals surface area (Å²) in [5, 5.41) is 8.79. The van der Waals surface area contributed by atoms with E-state index in [1.54, 1.807) is 0 Å². The van der Waals surface area contributed by atoms with Crippen LogP contribution in [-0.4, -0.2) is 49.7 Å². The van der Waals surface area contributed by atoms with Crippen molar-refractivity contribution in [2.75, 3.05) is 26.3 Å². The van der Waals surface area contributed by atoms with Gasteiger partial charge in [0.2, 0.25) is 11.8 Å². The fraction of sp³-hybridized carbons (Fsp3) is 0.857. The van der Waals surface area contributed by atoms with Crippen LogP contribution in [0, 0.1) is 5.92 Å². The summed E-state index contributed by atoms with van der Waals surface area (Å²) >= 11 is 0. The Kier molecular flexibility index (Phi) is 6.42. The van der Waals surface area contributed by atoms with Gasteiger partial charge in [-0.25, -0.2) is 0 Å². The van der Waals surface area contributed by atoms with Crippen molar-refractivity contribution >= 4 is 11.8 Å². The summed E-state index contributed by atoms with van der Waals surface area (Å²) in [6.07, 6.45) is 1.01. The van der Waals surface area contributed by atoms with Gasteiger partial charge in [-0.3, -0.25) is 9.59 Å². The topological polar surface area (TPSA) is 79.5 Å². The lowest BCUT2D eigenvalue weighted by Crippen LogP contribution is -2.49. The van der Waals surface area contributed by atoms with Crippen molar-refractivity contribution < 1.29 is 14.3 Å². The molecule has 0 saturated carbocycles. The van der Waals surface area contributed by atoms with Crippen LogP contribution in [0.3, 0.4) is 0 Å². The molecular weight excluding hydrogens is 258 g/mol. The van der Waals surface area contributed by atoms with E-state index >= 15 is 0 Å². The van der Waals surface area contributed by atoms with Gasteiger partial charge in [-0.1, -0.05) is 6.92 Å². The van der Waals surface area contributed by atoms with E-state index in [1.165, 1.54) is 0 Å². The van der Waals surface area contributed by atoms with E-state index in [-0.39, 0.29) is 35.9 Å². The normalized spacial score (nSPS) is 22.6. The van der Waals surface area contributed by atoms with E-state index < -0.39 is 0 Å². The van der Waals surface area contributed by atoms with E-state index in [9.17, 15) is 9.59 Å². The quantitative estimate of drug-likeness (QED) is 0.643. The van der Waals surface area contributed by atoms with Gasteiger partial charge in [-0.15, -0.1) is 0 Å². The molecule has 0 bridgehead atoms. The number of ether oxygens (including phenoxy) is 1. The Bertz CT molecular complexity index is 339. The van der Waals surface area contributed by atoms with Gasteiger partial charge in [-0.05, 0) is 33.7 Å². The van der Waals surface area contributed by atoms with Crippen LogP contribution in [0.1, 0.15) is 34.1 Å². The molecule has 0 aromatic carbocycles. The lowest BCUT2D eigenvalue weighted by atomic mass is 10.0. The second kappa shape index (κ2) is 7.59. The fourth-order valence-corrected chi connectivity index (χ4v) is 2.10. The molecule has 116 valence electrons. The van der Waals surface area contributed by atoms with Crippen LogP contribution in [-0.2, 0) is 14.3 Å². The summed E-state index contributed by atoms with van der Waals surface area (Å²) in [5.74, 6) is -0.521. The summed E-state index contributed by atoms with van der Waals surface area (Å²) in [6, 6.07) is 0.0422. The van der Waals surface area contributed by atoms with Crippen LogP contribution in [0.4, 0.5) is 0 Å². The first-order valence-electron chi connectivity index (χ1n) is 7.23. The zero-order valence-corrected chi connectivity index (χ0v) is 12.9. The average molecular weight is 285 g/mol. The minimum absolute atomic E-state index is 0.00704. The molecule has 0 spiro atoms. The van der Waals surface area contributed by atoms with Gasteiger partial charge in [0.1, 0.15) is 0 Å². The van der Waals surface area contributed by atoms with Crippen LogP contribution >= 0.6 is 0 Å². The largest absolute Gasteiger partial charge is 0.379 e. The van der Waals surface area contributed by atoms with Gasteiger partial charge in [0.15, 0.2) is 0 Å². The number of carbonyl (C=O) groups excluding carboxylic acids is 2. The summed E-state index contributed by atoms with van der Waals surface area (Å²) in [4.78, 5) is 23.7. The third-order valence-electron chi connectivity index (χ3n) is 3.01. The third-order valence-corrected chi connectivity index (χ3v) is 3.01. The number of amides is 2. The highest BCUT2D eigenvalue weighted by atomic mass is 16.5. The summed E-state index contributed by atoms with van der Waals surface area (Å²) in [5.41, 5.74) is -0.288. The summed E-state index contributed by atoms with van der Waals surface area (Å²) < 4.78 is 5.35. The Morgan fingerprint density at radius 3 is 2.55 bits per heavy atom. The first-order chi connectivity index (χ1) is 9.33. The van der Waals surface area contributed by atoms with Crippen molar-refractivity contribution in [2.24, 2.45) is 5.92 Å². The van der Waals surface area contributed by atoms with E-state index in [1.807, 2.05) is 20.8 Å². The number of hydrogen-bond acceptors (Lipinski definition) is 4. The fourth-order valence-electron chi connectivity index (χ4n) is 2.10. The zero-order valence-electron chi connectivity index (χ0n) is 12.9. The highest BCUT2D eigenvalue weighted by Gasteiger charge is 2.33. The molecule has 1 heterocycles. The van der Waals surface area contributed by atoms with Crippen LogP contribution in [0.25, 0.3) is 0 Å². The Balaban J connectivity index is 2.36. The zero-order chi connectivity index (χ0) is 15.2. The first-order valence-corrected chi connectivity index (χ1v) is 7.23. The van der Waals surface area contributed by atoms with Crippen LogP contribution in [0.2, 0.25) is 0 Å². The van der Waals surface area contributed by atoms with Crippen molar-refractivity contribution in [3.63, 3.8) is 0 Å². The summed E-state index contributed by atoms with van der Waals surface area (Å²) in [7, 11) is 0. The Hall–Kier alpha value is -1.14. The molecule has 6 heteroatoms. The van der Waals surface area contributed by atoms with E-state index in [0.717, 1.165) is 13.0 Å². The van der Waals surface area contributed by atoms with E-state index in [2.05, 4.69) is 22.9 Å². The molecule has 0 aliphatic carbocycles. The van der Waals surface area contributed by atoms with Gasteiger partial charge < -0.3 is 20.7 Å². The van der Waals surface area contributed by atoms with Gasteiger partial charge in [0.25, 0.3) is 0 Å². The van der Waals surface area contributed by atoms with E-state index in [0.29, 0.717) is 13.2 Å². The molecule has 20 heavy (non-hydrogen) atoms. The minimum Gasteiger partial charge on any atom is -0.379 e. The molecule has 6 nitrogen and oxygen atoms in total. The predicted octanol–water partition coefficient (Wildman–Crippen LogP) is 0.0319. The molecule has 3 N–H and O–H groups in total. The lowest BCUT2D eigenvalue weighted by Gasteiger charge is -2.22. The van der Waals surface area contributed by atoms with Crippen molar-refractivity contribution in [3.8, 4) is 0 Å². The average Bonchev–Trinajstić information content (AvgIpc) is 2.79. The Labute approximate surface area is 121 Å². The molecule has 1 aliphatic heterocycles. The molecule has 1 saturated heterocycles. The molecule has 2 unspecified atom stereocenters. The number of rotatable bonds is 6. The smallest absolute Gasteiger partial charge is 0.239 e. The number of carbonyl (C=O) groups is 2. The Morgan fingerprint density at radius 1 is 1.25 bits per heavy atom. The molecular formula is C14H27N3O3. The van der Waals surface area contributed by atoms with Gasteiger partial charge in [0.05, 0.1) is 25.7 Å². The highest BCUT2D eigenvalue weighted by molar-refractivity contribution is 5.86. The highest BCUT2D eigenvalue weighted by Crippen LogP contribution is 2.13. The first kappa shape index (κ1) is 16.9. The molecule has 1 aliphatic rings. The van der Waals surface area contributed by atoms with Crippen molar-refractivity contribution in [1.29, 1.82) is 0 Å². The molecule has 1 rings (SSSR count). The molecule has 2 amide bonds. The van der Waals surface area contributed by atoms with Crippen molar-refractivity contribution in [3.05, 3.63) is 0 Å². The Morgan fingerprint density at radius 2 is 1.95 bits per heavy atom. The van der Waals surface area contributed by atoms with Crippen molar-refractivity contribution in [2.45, 2.75) is 45.7 Å². The monoisotopic (exact) mass is 285 g/mol. The second-order valence-electron chi connectivity index (χ2n) is 6.22. The molecule has 1 fully saturated rings. The minimum atomic E-state index is -0.288. The molecule has 0 radical (unpaired) electrons. The number of nitrogens with one attached hydrogen (secondary N) is 3. The standard InChI is InChI=1S/C14H27N3O3/c1-5-6-15-11-9-20-8-10(11)13(19)16-7-12(18)17-14(2,3)4/h10-11,15H,5-9H2,1-4H3,(H,16,19)(H,17,18).